The molecule has 0 amide bonds. The van der Waals surface area contributed by atoms with E-state index in [0.717, 1.165) is 24.0 Å². The molecular weight excluding hydrogens is 268 g/mol. The number of aromatic nitrogens is 1. The van der Waals surface area contributed by atoms with E-state index in [0.29, 0.717) is 0 Å². The quantitative estimate of drug-likeness (QED) is 0.929. The molecule has 2 aromatic rings. The zero-order valence-corrected chi connectivity index (χ0v) is 11.8. The fraction of sp³-hybridized carbons (Fsp3) is 0.417. The number of nitrogens with one attached hydrogen (secondary N) is 1. The van der Waals surface area contributed by atoms with Crippen molar-refractivity contribution in [3.05, 3.63) is 22.9 Å². The molecule has 90 valence electrons. The minimum absolute atomic E-state index is 0.749. The Hall–Kier alpha value is -0.360. The highest BCUT2D eigenvalue weighted by atomic mass is 32.2. The second-order valence-corrected chi connectivity index (χ2v) is 7.40. The summed E-state index contributed by atoms with van der Waals surface area (Å²) >= 11 is 5.49. The molecule has 0 aliphatic carbocycles. The second-order valence-electron chi connectivity index (χ2n) is 4.04. The van der Waals surface area contributed by atoms with Crippen molar-refractivity contribution in [3.8, 4) is 10.6 Å². The summed E-state index contributed by atoms with van der Waals surface area (Å²) in [6.07, 6.45) is 2.52. The summed E-state index contributed by atoms with van der Waals surface area (Å²) in [4.78, 5) is 5.99. The summed E-state index contributed by atoms with van der Waals surface area (Å²) in [5.41, 5.74) is 1.14. The van der Waals surface area contributed by atoms with Gasteiger partial charge in [0.05, 0.1) is 10.6 Å². The lowest BCUT2D eigenvalue weighted by atomic mass is 10.2. The number of hydrogen-bond donors (Lipinski definition) is 1. The maximum absolute atomic E-state index is 4.72. The van der Waals surface area contributed by atoms with E-state index in [1.165, 1.54) is 22.1 Å². The van der Waals surface area contributed by atoms with E-state index in [-0.39, 0.29) is 0 Å². The zero-order chi connectivity index (χ0) is 11.5. The van der Waals surface area contributed by atoms with Crippen LogP contribution in [0.5, 0.6) is 0 Å². The Morgan fingerprint density at radius 3 is 2.94 bits per heavy atom. The van der Waals surface area contributed by atoms with Crippen molar-refractivity contribution >= 4 is 34.4 Å². The van der Waals surface area contributed by atoms with Gasteiger partial charge in [0.15, 0.2) is 4.34 Å². The molecule has 2 nitrogen and oxygen atoms in total. The minimum atomic E-state index is 0.749. The van der Waals surface area contributed by atoms with Gasteiger partial charge in [0, 0.05) is 10.6 Å². The van der Waals surface area contributed by atoms with Gasteiger partial charge in [0.25, 0.3) is 0 Å². The second kappa shape index (κ2) is 5.52. The number of nitrogens with zero attached hydrogens (tertiary/aromatic N) is 1. The first-order valence-electron chi connectivity index (χ1n) is 5.78. The molecule has 0 atom stereocenters. The Bertz CT molecular complexity index is 458. The molecule has 0 radical (unpaired) electrons. The highest BCUT2D eigenvalue weighted by molar-refractivity contribution is 8.01. The summed E-state index contributed by atoms with van der Waals surface area (Å²) < 4.78 is 1.22. The van der Waals surface area contributed by atoms with E-state index < -0.39 is 0 Å². The number of thiophene rings is 1. The van der Waals surface area contributed by atoms with E-state index in [9.17, 15) is 0 Å². The summed E-state index contributed by atoms with van der Waals surface area (Å²) in [6, 6.07) is 4.22. The molecule has 1 fully saturated rings. The minimum Gasteiger partial charge on any atom is -0.317 e. The van der Waals surface area contributed by atoms with Crippen LogP contribution in [0.3, 0.4) is 0 Å². The molecule has 1 aliphatic heterocycles. The first-order chi connectivity index (χ1) is 8.42. The number of thioether (sulfide) groups is 1. The zero-order valence-electron chi connectivity index (χ0n) is 9.39. The maximum Gasteiger partial charge on any atom is 0.150 e. The van der Waals surface area contributed by atoms with E-state index in [1.54, 1.807) is 22.7 Å². The van der Waals surface area contributed by atoms with Gasteiger partial charge in [-0.15, -0.1) is 22.7 Å². The van der Waals surface area contributed by atoms with Gasteiger partial charge >= 0.3 is 0 Å². The summed E-state index contributed by atoms with van der Waals surface area (Å²) in [6.45, 7) is 2.31. The molecule has 5 heteroatoms. The lowest BCUT2D eigenvalue weighted by molar-refractivity contribution is 0.531. The monoisotopic (exact) mass is 282 g/mol. The molecule has 0 saturated carbocycles. The fourth-order valence-electron chi connectivity index (χ4n) is 1.90. The van der Waals surface area contributed by atoms with Gasteiger partial charge in [-0.2, -0.15) is 0 Å². The first kappa shape index (κ1) is 11.7. The molecule has 0 unspecified atom stereocenters. The third-order valence-electron chi connectivity index (χ3n) is 2.81. The van der Waals surface area contributed by atoms with Crippen molar-refractivity contribution in [2.45, 2.75) is 22.4 Å². The van der Waals surface area contributed by atoms with Gasteiger partial charge in [-0.1, -0.05) is 17.8 Å². The standard InChI is InChI=1S/C12H14N2S3/c1-2-11(15-7-1)10-8-16-12(14-10)17-9-3-5-13-6-4-9/h1-2,7-9,13H,3-6H2. The molecule has 1 aliphatic rings. The maximum atomic E-state index is 4.72. The Balaban J connectivity index is 1.68. The smallest absolute Gasteiger partial charge is 0.150 e. The van der Waals surface area contributed by atoms with Gasteiger partial charge in [-0.25, -0.2) is 4.98 Å². The number of hydrogen-bond acceptors (Lipinski definition) is 5. The highest BCUT2D eigenvalue weighted by Crippen LogP contribution is 2.34. The van der Waals surface area contributed by atoms with E-state index in [2.05, 4.69) is 28.2 Å². The van der Waals surface area contributed by atoms with Crippen molar-refractivity contribution in [1.82, 2.24) is 10.3 Å². The van der Waals surface area contributed by atoms with Crippen LogP contribution in [0.2, 0.25) is 0 Å². The van der Waals surface area contributed by atoms with Crippen molar-refractivity contribution in [1.29, 1.82) is 0 Å². The molecule has 0 bridgehead atoms. The Morgan fingerprint density at radius 2 is 2.18 bits per heavy atom. The molecule has 3 heterocycles. The Labute approximate surface area is 113 Å². The normalized spacial score (nSPS) is 17.4. The average Bonchev–Trinajstić information content (AvgIpc) is 3.00. The molecular formula is C12H14N2S3. The molecule has 17 heavy (non-hydrogen) atoms. The lowest BCUT2D eigenvalue weighted by Gasteiger charge is -2.20. The number of piperidine rings is 1. The molecule has 1 N–H and O–H groups in total. The van der Waals surface area contributed by atoms with Gasteiger partial charge in [0.1, 0.15) is 0 Å². The largest absolute Gasteiger partial charge is 0.317 e. The molecule has 3 rings (SSSR count). The van der Waals surface area contributed by atoms with Crippen LogP contribution >= 0.6 is 34.4 Å². The lowest BCUT2D eigenvalue weighted by Crippen LogP contribution is -2.29. The summed E-state index contributed by atoms with van der Waals surface area (Å²) in [7, 11) is 0. The third-order valence-corrected chi connectivity index (χ3v) is 6.01. The highest BCUT2D eigenvalue weighted by Gasteiger charge is 2.16. The fourth-order valence-corrected chi connectivity index (χ4v) is 4.89. The van der Waals surface area contributed by atoms with Gasteiger partial charge < -0.3 is 5.32 Å². The van der Waals surface area contributed by atoms with Crippen LogP contribution < -0.4 is 5.32 Å². The van der Waals surface area contributed by atoms with E-state index >= 15 is 0 Å². The van der Waals surface area contributed by atoms with Crippen LogP contribution in [-0.2, 0) is 0 Å². The van der Waals surface area contributed by atoms with Crippen LogP contribution in [0.4, 0.5) is 0 Å². The molecule has 0 spiro atoms. The van der Waals surface area contributed by atoms with Crippen molar-refractivity contribution < 1.29 is 0 Å². The van der Waals surface area contributed by atoms with Crippen molar-refractivity contribution in [3.63, 3.8) is 0 Å². The molecule has 1 saturated heterocycles. The predicted molar refractivity (Wildman–Crippen MR) is 77.2 cm³/mol. The van der Waals surface area contributed by atoms with E-state index in [1.807, 2.05) is 11.8 Å². The van der Waals surface area contributed by atoms with Crippen molar-refractivity contribution in [2.75, 3.05) is 13.1 Å². The SMILES string of the molecule is c1csc(-c2csc(SC3CCNCC3)n2)c1. The first-order valence-corrected chi connectivity index (χ1v) is 8.42. The van der Waals surface area contributed by atoms with E-state index in [4.69, 9.17) is 4.98 Å². The average molecular weight is 282 g/mol. The van der Waals surface area contributed by atoms with Crippen LogP contribution in [0, 0.1) is 0 Å². The Morgan fingerprint density at radius 1 is 1.29 bits per heavy atom. The number of thiazole rings is 1. The van der Waals surface area contributed by atoms with Gasteiger partial charge in [0.2, 0.25) is 0 Å². The number of rotatable bonds is 3. The predicted octanol–water partition coefficient (Wildman–Crippen LogP) is 3.72. The van der Waals surface area contributed by atoms with Crippen molar-refractivity contribution in [2.24, 2.45) is 0 Å². The summed E-state index contributed by atoms with van der Waals surface area (Å²) in [5, 5.41) is 8.43. The van der Waals surface area contributed by atoms with Gasteiger partial charge in [-0.05, 0) is 37.4 Å². The van der Waals surface area contributed by atoms with Crippen LogP contribution in [0.25, 0.3) is 10.6 Å². The van der Waals surface area contributed by atoms with Crippen LogP contribution in [0.1, 0.15) is 12.8 Å². The summed E-state index contributed by atoms with van der Waals surface area (Å²) in [5.74, 6) is 0. The topological polar surface area (TPSA) is 24.9 Å². The van der Waals surface area contributed by atoms with Crippen LogP contribution in [0.15, 0.2) is 27.2 Å². The van der Waals surface area contributed by atoms with Gasteiger partial charge in [-0.3, -0.25) is 0 Å². The molecule has 0 aromatic carbocycles. The Kier molecular flexibility index (Phi) is 3.80. The molecule has 2 aromatic heterocycles. The third kappa shape index (κ3) is 2.91. The van der Waals surface area contributed by atoms with Crippen LogP contribution in [-0.4, -0.2) is 23.3 Å².